The van der Waals surface area contributed by atoms with E-state index < -0.39 is 5.78 Å². The lowest BCUT2D eigenvalue weighted by Crippen LogP contribution is -2.28. The van der Waals surface area contributed by atoms with Gasteiger partial charge in [0, 0.05) is 17.7 Å². The minimum absolute atomic E-state index is 0.128. The lowest BCUT2D eigenvalue weighted by atomic mass is 9.88. The number of ketones is 2. The van der Waals surface area contributed by atoms with Crippen molar-refractivity contribution in [2.75, 3.05) is 27.2 Å². The number of aliphatic imine (C=N–C) groups is 1. The number of carbonyl (C=O) groups is 2. The Morgan fingerprint density at radius 1 is 1.17 bits per heavy atom. The minimum Gasteiger partial charge on any atom is -0.308 e. The van der Waals surface area contributed by atoms with Crippen molar-refractivity contribution >= 4 is 17.3 Å². The van der Waals surface area contributed by atoms with Crippen molar-refractivity contribution in [3.8, 4) is 0 Å². The summed E-state index contributed by atoms with van der Waals surface area (Å²) in [5.74, 6) is -0.755. The molecule has 0 aromatic heterocycles. The zero-order valence-electron chi connectivity index (χ0n) is 10.6. The summed E-state index contributed by atoms with van der Waals surface area (Å²) in [6.45, 7) is 1.46. The Bertz CT molecular complexity index is 518. The lowest BCUT2D eigenvalue weighted by Gasteiger charge is -2.16. The van der Waals surface area contributed by atoms with Crippen LogP contribution in [0.3, 0.4) is 0 Å². The highest BCUT2D eigenvalue weighted by Gasteiger charge is 2.28. The van der Waals surface area contributed by atoms with Crippen LogP contribution in [0.25, 0.3) is 0 Å². The Hall–Kier alpha value is -1.81. The monoisotopic (exact) mass is 244 g/mol. The molecule has 4 nitrogen and oxygen atoms in total. The van der Waals surface area contributed by atoms with Crippen LogP contribution in [0.1, 0.15) is 22.3 Å². The van der Waals surface area contributed by atoms with Gasteiger partial charge in [-0.15, -0.1) is 0 Å². The first-order valence-corrected chi connectivity index (χ1v) is 5.94. The van der Waals surface area contributed by atoms with E-state index in [1.165, 1.54) is 0 Å². The Morgan fingerprint density at radius 2 is 1.83 bits per heavy atom. The molecule has 0 fully saturated rings. The third-order valence-corrected chi connectivity index (χ3v) is 2.91. The Morgan fingerprint density at radius 3 is 2.50 bits per heavy atom. The summed E-state index contributed by atoms with van der Waals surface area (Å²) in [6, 6.07) is 7.18. The van der Waals surface area contributed by atoms with E-state index in [0.717, 1.165) is 17.8 Å². The molecule has 1 aromatic rings. The van der Waals surface area contributed by atoms with E-state index in [0.29, 0.717) is 12.1 Å². The number of hydrogen-bond donors (Lipinski definition) is 0. The SMILES string of the molecule is CN(C)CCN=C1CC(=O)C(=O)c2ccccc21. The van der Waals surface area contributed by atoms with Gasteiger partial charge in [0.2, 0.25) is 11.6 Å². The molecular weight excluding hydrogens is 228 g/mol. The van der Waals surface area contributed by atoms with Gasteiger partial charge < -0.3 is 4.90 Å². The van der Waals surface area contributed by atoms with Gasteiger partial charge in [-0.3, -0.25) is 14.6 Å². The zero-order valence-corrected chi connectivity index (χ0v) is 10.6. The van der Waals surface area contributed by atoms with E-state index >= 15 is 0 Å². The molecule has 2 rings (SSSR count). The molecule has 0 spiro atoms. The van der Waals surface area contributed by atoms with E-state index in [2.05, 4.69) is 4.99 Å². The highest BCUT2D eigenvalue weighted by molar-refractivity contribution is 6.51. The van der Waals surface area contributed by atoms with Crippen molar-refractivity contribution in [2.45, 2.75) is 6.42 Å². The van der Waals surface area contributed by atoms with E-state index in [1.54, 1.807) is 12.1 Å². The number of likely N-dealkylation sites (N-methyl/N-ethyl adjacent to an activating group) is 1. The second-order valence-electron chi connectivity index (χ2n) is 4.61. The predicted molar refractivity (Wildman–Crippen MR) is 70.4 cm³/mol. The van der Waals surface area contributed by atoms with Crippen molar-refractivity contribution in [3.63, 3.8) is 0 Å². The molecule has 0 saturated carbocycles. The second kappa shape index (κ2) is 5.23. The summed E-state index contributed by atoms with van der Waals surface area (Å²) >= 11 is 0. The van der Waals surface area contributed by atoms with Crippen LogP contribution in [0.4, 0.5) is 0 Å². The average Bonchev–Trinajstić information content (AvgIpc) is 2.35. The molecule has 0 unspecified atom stereocenters. The van der Waals surface area contributed by atoms with E-state index in [4.69, 9.17) is 0 Å². The molecule has 1 aromatic carbocycles. The predicted octanol–water partition coefficient (Wildman–Crippen LogP) is 1.19. The topological polar surface area (TPSA) is 49.7 Å². The molecule has 0 bridgehead atoms. The van der Waals surface area contributed by atoms with E-state index in [1.807, 2.05) is 31.1 Å². The van der Waals surface area contributed by atoms with Gasteiger partial charge in [0.25, 0.3) is 0 Å². The van der Waals surface area contributed by atoms with E-state index in [9.17, 15) is 9.59 Å². The van der Waals surface area contributed by atoms with Crippen molar-refractivity contribution in [1.29, 1.82) is 0 Å². The molecule has 0 radical (unpaired) electrons. The maximum absolute atomic E-state index is 11.7. The van der Waals surface area contributed by atoms with Gasteiger partial charge in [-0.1, -0.05) is 24.3 Å². The molecule has 1 aliphatic rings. The number of nitrogens with zero attached hydrogens (tertiary/aromatic N) is 2. The normalized spacial score (nSPS) is 17.4. The summed E-state index contributed by atoms with van der Waals surface area (Å²) in [4.78, 5) is 29.8. The molecule has 0 aliphatic heterocycles. The standard InChI is InChI=1S/C14H16N2O2/c1-16(2)8-7-15-12-9-13(17)14(18)11-6-4-3-5-10(11)12/h3-6H,7-9H2,1-2H3. The highest BCUT2D eigenvalue weighted by Crippen LogP contribution is 2.19. The number of benzene rings is 1. The number of Topliss-reactive ketones (excluding diaryl/α,β-unsaturated/α-hetero) is 2. The smallest absolute Gasteiger partial charge is 0.229 e. The van der Waals surface area contributed by atoms with Crippen molar-refractivity contribution in [2.24, 2.45) is 4.99 Å². The van der Waals surface area contributed by atoms with Gasteiger partial charge in [-0.25, -0.2) is 0 Å². The number of fused-ring (bicyclic) bond motifs is 1. The first-order chi connectivity index (χ1) is 8.59. The number of hydrogen-bond acceptors (Lipinski definition) is 4. The molecule has 1 aliphatic carbocycles. The minimum atomic E-state index is -0.392. The molecule has 94 valence electrons. The van der Waals surface area contributed by atoms with Gasteiger partial charge in [0.15, 0.2) is 0 Å². The summed E-state index contributed by atoms with van der Waals surface area (Å²) < 4.78 is 0. The van der Waals surface area contributed by atoms with Crippen molar-refractivity contribution < 1.29 is 9.59 Å². The molecule has 0 atom stereocenters. The van der Waals surface area contributed by atoms with Crippen LogP contribution < -0.4 is 0 Å². The molecule has 0 amide bonds. The number of carbonyl (C=O) groups excluding carboxylic acids is 2. The Kier molecular flexibility index (Phi) is 3.67. The maximum atomic E-state index is 11.7. The summed E-state index contributed by atoms with van der Waals surface area (Å²) in [6.07, 6.45) is 0.128. The molecule has 0 N–H and O–H groups in total. The number of rotatable bonds is 3. The molecule has 0 saturated heterocycles. The average molecular weight is 244 g/mol. The Balaban J connectivity index is 2.30. The maximum Gasteiger partial charge on any atom is 0.229 e. The summed E-state index contributed by atoms with van der Waals surface area (Å²) in [5.41, 5.74) is 2.02. The highest BCUT2D eigenvalue weighted by atomic mass is 16.2. The zero-order chi connectivity index (χ0) is 13.1. The van der Waals surface area contributed by atoms with Gasteiger partial charge in [-0.2, -0.15) is 0 Å². The van der Waals surface area contributed by atoms with Gasteiger partial charge >= 0.3 is 0 Å². The van der Waals surface area contributed by atoms with E-state index in [-0.39, 0.29) is 12.2 Å². The molecule has 18 heavy (non-hydrogen) atoms. The van der Waals surface area contributed by atoms with Crippen LogP contribution in [0, 0.1) is 0 Å². The fraction of sp³-hybridized carbons (Fsp3) is 0.357. The lowest BCUT2D eigenvalue weighted by molar-refractivity contribution is -0.114. The molecule has 4 heteroatoms. The van der Waals surface area contributed by atoms with Crippen LogP contribution in [0.15, 0.2) is 29.3 Å². The Labute approximate surface area is 106 Å². The summed E-state index contributed by atoms with van der Waals surface area (Å²) in [7, 11) is 3.95. The van der Waals surface area contributed by atoms with Crippen LogP contribution in [-0.4, -0.2) is 49.4 Å². The largest absolute Gasteiger partial charge is 0.308 e. The second-order valence-corrected chi connectivity index (χ2v) is 4.61. The van der Waals surface area contributed by atoms with Crippen LogP contribution >= 0.6 is 0 Å². The fourth-order valence-corrected chi connectivity index (χ4v) is 1.94. The van der Waals surface area contributed by atoms with Gasteiger partial charge in [0.1, 0.15) is 0 Å². The molecular formula is C14H16N2O2. The first-order valence-electron chi connectivity index (χ1n) is 5.94. The summed E-state index contributed by atoms with van der Waals surface area (Å²) in [5, 5.41) is 0. The quantitative estimate of drug-likeness (QED) is 0.750. The van der Waals surface area contributed by atoms with Crippen molar-refractivity contribution in [3.05, 3.63) is 35.4 Å². The van der Waals surface area contributed by atoms with Crippen LogP contribution in [0.5, 0.6) is 0 Å². The van der Waals surface area contributed by atoms with Crippen molar-refractivity contribution in [1.82, 2.24) is 4.90 Å². The third-order valence-electron chi connectivity index (χ3n) is 2.91. The van der Waals surface area contributed by atoms with Crippen LogP contribution in [-0.2, 0) is 4.79 Å². The van der Waals surface area contributed by atoms with Gasteiger partial charge in [0.05, 0.1) is 18.7 Å². The fourth-order valence-electron chi connectivity index (χ4n) is 1.94. The van der Waals surface area contributed by atoms with Crippen LogP contribution in [0.2, 0.25) is 0 Å². The third kappa shape index (κ3) is 2.54. The first kappa shape index (κ1) is 12.6. The van der Waals surface area contributed by atoms with Gasteiger partial charge in [-0.05, 0) is 14.1 Å². The molecule has 0 heterocycles.